The van der Waals surface area contributed by atoms with Crippen LogP contribution >= 0.6 is 21.6 Å². The molecule has 12 heteroatoms. The Hall–Kier alpha value is -1.98. The Balaban J connectivity index is 2.07. The number of ether oxygens (including phenoxy) is 5. The van der Waals surface area contributed by atoms with Gasteiger partial charge in [-0.25, -0.2) is 0 Å². The minimum atomic E-state index is -0.186. The minimum absolute atomic E-state index is 0.0149. The van der Waals surface area contributed by atoms with Crippen molar-refractivity contribution in [2.45, 2.75) is 32.1 Å². The van der Waals surface area contributed by atoms with E-state index < -0.39 is 0 Å². The van der Waals surface area contributed by atoms with Gasteiger partial charge in [0, 0.05) is 44.1 Å². The highest BCUT2D eigenvalue weighted by molar-refractivity contribution is 8.76. The highest BCUT2D eigenvalue weighted by atomic mass is 33.1. The van der Waals surface area contributed by atoms with Crippen molar-refractivity contribution in [3.05, 3.63) is 29.8 Å². The van der Waals surface area contributed by atoms with Crippen LogP contribution in [0.2, 0.25) is 0 Å². The van der Waals surface area contributed by atoms with Crippen LogP contribution in [0.3, 0.4) is 0 Å². The summed E-state index contributed by atoms with van der Waals surface area (Å²) in [6, 6.07) is 7.11. The predicted octanol–water partition coefficient (Wildman–Crippen LogP) is 2.97. The fraction of sp³-hybridized carbons (Fsp3) is 0.655. The summed E-state index contributed by atoms with van der Waals surface area (Å²) in [4.78, 5) is 24.1. The summed E-state index contributed by atoms with van der Waals surface area (Å²) in [6.45, 7) is 9.23. The average molecular weight is 614 g/mol. The van der Waals surface area contributed by atoms with Crippen LogP contribution in [0.5, 0.6) is 5.75 Å². The SMILES string of the molecule is CNCCNC(=O)c1cccc(OCC(OCCOCCOCCCC(=O)NCCOCC#CC(C)C)SSC)c1. The number of benzene rings is 1. The van der Waals surface area contributed by atoms with Crippen LogP contribution < -0.4 is 20.7 Å². The molecule has 0 spiro atoms. The molecule has 0 bridgehead atoms. The van der Waals surface area contributed by atoms with Crippen LogP contribution in [-0.4, -0.2) is 103 Å². The topological polar surface area (TPSA) is 116 Å². The van der Waals surface area contributed by atoms with Gasteiger partial charge in [-0.3, -0.25) is 9.59 Å². The van der Waals surface area contributed by atoms with Crippen molar-refractivity contribution in [3.63, 3.8) is 0 Å². The monoisotopic (exact) mass is 613 g/mol. The molecular formula is C29H47N3O7S2. The number of rotatable bonds is 24. The van der Waals surface area contributed by atoms with Crippen molar-refractivity contribution < 1.29 is 33.3 Å². The van der Waals surface area contributed by atoms with Crippen molar-refractivity contribution in [2.75, 3.05) is 85.8 Å². The first-order chi connectivity index (χ1) is 20.0. The fourth-order valence-electron chi connectivity index (χ4n) is 3.12. The van der Waals surface area contributed by atoms with E-state index in [0.717, 1.165) is 0 Å². The van der Waals surface area contributed by atoms with Gasteiger partial charge in [0.05, 0.1) is 33.0 Å². The molecule has 0 aliphatic rings. The van der Waals surface area contributed by atoms with Crippen LogP contribution in [0.4, 0.5) is 0 Å². The summed E-state index contributed by atoms with van der Waals surface area (Å²) in [5.41, 5.74) is 0.367. The highest BCUT2D eigenvalue weighted by Gasteiger charge is 2.12. The van der Waals surface area contributed by atoms with Crippen LogP contribution in [-0.2, 0) is 23.7 Å². The van der Waals surface area contributed by atoms with Gasteiger partial charge in [-0.05, 0) is 37.9 Å². The number of hydrogen-bond acceptors (Lipinski definition) is 10. The molecule has 0 fully saturated rings. The molecule has 0 radical (unpaired) electrons. The summed E-state index contributed by atoms with van der Waals surface area (Å²) in [5.74, 6) is 6.76. The van der Waals surface area contributed by atoms with Gasteiger partial charge < -0.3 is 39.6 Å². The molecule has 0 aliphatic heterocycles. The molecule has 1 aromatic carbocycles. The van der Waals surface area contributed by atoms with Gasteiger partial charge in [0.2, 0.25) is 5.91 Å². The number of likely N-dealkylation sites (N-methyl/N-ethyl adjacent to an activating group) is 1. The van der Waals surface area contributed by atoms with E-state index in [2.05, 4.69) is 27.8 Å². The van der Waals surface area contributed by atoms with E-state index in [-0.39, 0.29) is 17.3 Å². The molecule has 1 atom stereocenters. The molecule has 10 nitrogen and oxygen atoms in total. The zero-order valence-corrected chi connectivity index (χ0v) is 26.5. The van der Waals surface area contributed by atoms with Crippen LogP contribution in [0.25, 0.3) is 0 Å². The molecular weight excluding hydrogens is 566 g/mol. The fourth-order valence-corrected chi connectivity index (χ4v) is 4.59. The second kappa shape index (κ2) is 25.7. The second-order valence-electron chi connectivity index (χ2n) is 8.97. The molecule has 0 aliphatic carbocycles. The summed E-state index contributed by atoms with van der Waals surface area (Å²) >= 11 is 0. The van der Waals surface area contributed by atoms with Gasteiger partial charge in [-0.1, -0.05) is 53.3 Å². The molecule has 0 saturated heterocycles. The molecule has 0 saturated carbocycles. The summed E-state index contributed by atoms with van der Waals surface area (Å²) in [6.07, 6.45) is 3.04. The van der Waals surface area contributed by atoms with Crippen LogP contribution in [0.1, 0.15) is 37.0 Å². The molecule has 41 heavy (non-hydrogen) atoms. The maximum absolute atomic E-state index is 12.3. The van der Waals surface area contributed by atoms with Crippen LogP contribution in [0.15, 0.2) is 24.3 Å². The van der Waals surface area contributed by atoms with E-state index in [1.807, 2.05) is 33.2 Å². The zero-order chi connectivity index (χ0) is 30.0. The van der Waals surface area contributed by atoms with Gasteiger partial charge >= 0.3 is 0 Å². The Kier molecular flexibility index (Phi) is 23.2. The number of carbonyl (C=O) groups excluding carboxylic acids is 2. The lowest BCUT2D eigenvalue weighted by Gasteiger charge is -2.17. The number of carbonyl (C=O) groups is 2. The standard InChI is InChI=1S/C29H47N3O7S2/c1-24(2)8-6-15-35-17-14-31-27(33)11-7-16-36-18-19-37-20-21-38-28(41-40-4)23-39-26-10-5-9-25(22-26)29(34)32-13-12-30-3/h5,9-10,22,24,28,30H,7,11-21,23H2,1-4H3,(H,31,33)(H,32,34). The van der Waals surface area contributed by atoms with Crippen molar-refractivity contribution in [1.29, 1.82) is 0 Å². The smallest absolute Gasteiger partial charge is 0.251 e. The third-order valence-electron chi connectivity index (χ3n) is 5.08. The minimum Gasteiger partial charge on any atom is -0.490 e. The van der Waals surface area contributed by atoms with E-state index in [0.29, 0.717) is 103 Å². The van der Waals surface area contributed by atoms with E-state index in [4.69, 9.17) is 23.7 Å². The first-order valence-electron chi connectivity index (χ1n) is 13.9. The van der Waals surface area contributed by atoms with E-state index >= 15 is 0 Å². The Bertz CT molecular complexity index is 897. The van der Waals surface area contributed by atoms with E-state index in [1.54, 1.807) is 39.8 Å². The maximum Gasteiger partial charge on any atom is 0.251 e. The molecule has 0 heterocycles. The average Bonchev–Trinajstić information content (AvgIpc) is 2.96. The Morgan fingerprint density at radius 1 is 0.951 bits per heavy atom. The van der Waals surface area contributed by atoms with E-state index in [1.165, 1.54) is 0 Å². The maximum atomic E-state index is 12.3. The lowest BCUT2D eigenvalue weighted by molar-refractivity contribution is -0.121. The molecule has 0 aromatic heterocycles. The van der Waals surface area contributed by atoms with Crippen molar-refractivity contribution >= 4 is 33.4 Å². The first-order valence-corrected chi connectivity index (χ1v) is 16.5. The quantitative estimate of drug-likeness (QED) is 0.0696. The molecule has 1 rings (SSSR count). The molecule has 232 valence electrons. The molecule has 3 N–H and O–H groups in total. The van der Waals surface area contributed by atoms with Gasteiger partial charge in [0.15, 0.2) is 0 Å². The first kappa shape index (κ1) is 37.0. The highest BCUT2D eigenvalue weighted by Crippen LogP contribution is 2.25. The zero-order valence-electron chi connectivity index (χ0n) is 24.8. The Morgan fingerprint density at radius 2 is 1.73 bits per heavy atom. The Labute approximate surface area is 253 Å². The summed E-state index contributed by atoms with van der Waals surface area (Å²) in [7, 11) is 5.00. The number of nitrogens with one attached hydrogen (secondary N) is 3. The van der Waals surface area contributed by atoms with E-state index in [9.17, 15) is 9.59 Å². The third-order valence-corrected chi connectivity index (χ3v) is 6.98. The number of hydrogen-bond donors (Lipinski definition) is 3. The van der Waals surface area contributed by atoms with Crippen LogP contribution in [0, 0.1) is 17.8 Å². The molecule has 2 amide bonds. The molecule has 1 aromatic rings. The van der Waals surface area contributed by atoms with Gasteiger partial charge in [-0.2, -0.15) is 0 Å². The number of amides is 2. The van der Waals surface area contributed by atoms with Gasteiger partial charge in [0.25, 0.3) is 5.91 Å². The van der Waals surface area contributed by atoms with Crippen molar-refractivity contribution in [1.82, 2.24) is 16.0 Å². The predicted molar refractivity (Wildman–Crippen MR) is 166 cm³/mol. The normalized spacial score (nSPS) is 11.5. The van der Waals surface area contributed by atoms with Crippen molar-refractivity contribution in [3.8, 4) is 17.6 Å². The van der Waals surface area contributed by atoms with Gasteiger partial charge in [-0.15, -0.1) is 0 Å². The van der Waals surface area contributed by atoms with Crippen molar-refractivity contribution in [2.24, 2.45) is 5.92 Å². The second-order valence-corrected chi connectivity index (χ2v) is 11.6. The third kappa shape index (κ3) is 21.4. The lowest BCUT2D eigenvalue weighted by Crippen LogP contribution is -2.30. The molecule has 1 unspecified atom stereocenters. The van der Waals surface area contributed by atoms with Gasteiger partial charge in [0.1, 0.15) is 24.4 Å². The largest absolute Gasteiger partial charge is 0.490 e. The lowest BCUT2D eigenvalue weighted by atomic mass is 10.2. The summed E-state index contributed by atoms with van der Waals surface area (Å²) in [5, 5.41) is 8.67. The summed E-state index contributed by atoms with van der Waals surface area (Å²) < 4.78 is 28.2. The Morgan fingerprint density at radius 3 is 2.49 bits per heavy atom.